The van der Waals surface area contributed by atoms with E-state index in [1.165, 1.54) is 0 Å². The second-order valence-corrected chi connectivity index (χ2v) is 6.58. The van der Waals surface area contributed by atoms with Gasteiger partial charge in [0, 0.05) is 0 Å². The first-order valence-electron chi connectivity index (χ1n) is 9.36. The van der Waals surface area contributed by atoms with Crippen molar-refractivity contribution in [3.63, 3.8) is 0 Å². The van der Waals surface area contributed by atoms with Crippen LogP contribution in [0.3, 0.4) is 0 Å². The van der Waals surface area contributed by atoms with Gasteiger partial charge < -0.3 is 14.6 Å². The molecule has 0 saturated heterocycles. The van der Waals surface area contributed by atoms with Gasteiger partial charge in [-0.2, -0.15) is 0 Å². The third kappa shape index (κ3) is 4.17. The molecule has 1 heterocycles. The summed E-state index contributed by atoms with van der Waals surface area (Å²) in [6, 6.07) is 15.5. The van der Waals surface area contributed by atoms with Crippen LogP contribution in [-0.2, 0) is 13.1 Å². The number of aromatic nitrogens is 2. The van der Waals surface area contributed by atoms with Gasteiger partial charge in [-0.3, -0.25) is 5.73 Å². The highest BCUT2D eigenvalue weighted by molar-refractivity contribution is 5.73. The minimum absolute atomic E-state index is 0.154. The number of aliphatic hydroxyl groups is 1. The summed E-state index contributed by atoms with van der Waals surface area (Å²) in [5, 5.41) is 10.5. The highest BCUT2D eigenvalue weighted by Gasteiger charge is 2.22. The number of aliphatic hydroxyl groups excluding tert-OH is 1. The number of imidazole rings is 1. The van der Waals surface area contributed by atoms with Crippen LogP contribution < -0.4 is 19.8 Å². The third-order valence-electron chi connectivity index (χ3n) is 4.65. The molecular formula is C21H28N3O3+. The number of ether oxygens (including phenoxy) is 2. The normalized spacial score (nSPS) is 12.3. The number of benzene rings is 2. The molecule has 2 aromatic carbocycles. The summed E-state index contributed by atoms with van der Waals surface area (Å²) in [5.41, 5.74) is 8.51. The fraction of sp³-hybridized carbons (Fsp3) is 0.381. The first-order chi connectivity index (χ1) is 13.2. The van der Waals surface area contributed by atoms with Crippen molar-refractivity contribution in [3.05, 3.63) is 48.5 Å². The third-order valence-corrected chi connectivity index (χ3v) is 4.65. The number of hydrogen-bond donors (Lipinski definition) is 2. The quantitative estimate of drug-likeness (QED) is 0.568. The topological polar surface area (TPSA) is 73.5 Å². The molecule has 6 heteroatoms. The van der Waals surface area contributed by atoms with E-state index < -0.39 is 6.10 Å². The zero-order valence-corrected chi connectivity index (χ0v) is 16.0. The maximum absolute atomic E-state index is 10.5. The summed E-state index contributed by atoms with van der Waals surface area (Å²) in [6.07, 6.45) is 1.46. The molecule has 0 aliphatic rings. The second kappa shape index (κ2) is 8.77. The van der Waals surface area contributed by atoms with E-state index in [2.05, 4.69) is 17.6 Å². The molecule has 0 spiro atoms. The zero-order valence-electron chi connectivity index (χ0n) is 16.0. The number of nitrogens with two attached hydrogens (primary N) is 1. The lowest BCUT2D eigenvalue weighted by molar-refractivity contribution is -0.665. The average molecular weight is 370 g/mol. The maximum Gasteiger partial charge on any atom is 0.356 e. The number of nitrogen functional groups attached to an aromatic ring is 1. The lowest BCUT2D eigenvalue weighted by atomic mass is 10.3. The first kappa shape index (κ1) is 19.0. The molecule has 6 nitrogen and oxygen atoms in total. The van der Waals surface area contributed by atoms with Gasteiger partial charge in [-0.15, -0.1) is 0 Å². The molecule has 0 fully saturated rings. The van der Waals surface area contributed by atoms with Crippen LogP contribution in [0, 0.1) is 0 Å². The summed E-state index contributed by atoms with van der Waals surface area (Å²) in [7, 11) is 1.60. The van der Waals surface area contributed by atoms with Crippen LogP contribution in [0.4, 0.5) is 5.95 Å². The number of fused-ring (bicyclic) bond motifs is 1. The number of hydrogen-bond acceptors (Lipinski definition) is 4. The van der Waals surface area contributed by atoms with E-state index in [4.69, 9.17) is 15.2 Å². The maximum atomic E-state index is 10.5. The summed E-state index contributed by atoms with van der Waals surface area (Å²) >= 11 is 0. The smallest absolute Gasteiger partial charge is 0.356 e. The Hall–Kier alpha value is -2.73. The number of nitrogens with zero attached hydrogens (tertiary/aromatic N) is 2. The number of para-hydroxylation sites is 4. The van der Waals surface area contributed by atoms with Crippen molar-refractivity contribution >= 4 is 17.0 Å². The Morgan fingerprint density at radius 1 is 1.11 bits per heavy atom. The number of methoxy groups -OCH3 is 1. The van der Waals surface area contributed by atoms with Gasteiger partial charge in [0.25, 0.3) is 0 Å². The minimum Gasteiger partial charge on any atom is -0.493 e. The van der Waals surface area contributed by atoms with Gasteiger partial charge in [-0.05, 0) is 30.7 Å². The number of anilines is 1. The van der Waals surface area contributed by atoms with Crippen molar-refractivity contribution in [2.24, 2.45) is 0 Å². The number of unbranched alkanes of at least 4 members (excludes halogenated alkanes) is 1. The molecular weight excluding hydrogens is 342 g/mol. The Morgan fingerprint density at radius 2 is 1.81 bits per heavy atom. The van der Waals surface area contributed by atoms with Gasteiger partial charge in [0.05, 0.1) is 13.7 Å². The van der Waals surface area contributed by atoms with E-state index >= 15 is 0 Å². The molecule has 0 saturated carbocycles. The fourth-order valence-electron chi connectivity index (χ4n) is 3.24. The van der Waals surface area contributed by atoms with Crippen molar-refractivity contribution in [3.8, 4) is 11.5 Å². The van der Waals surface area contributed by atoms with E-state index in [0.717, 1.165) is 30.4 Å². The molecule has 144 valence electrons. The van der Waals surface area contributed by atoms with Gasteiger partial charge in [0.1, 0.15) is 30.3 Å². The van der Waals surface area contributed by atoms with Gasteiger partial charge in [0.2, 0.25) is 0 Å². The molecule has 1 aromatic heterocycles. The largest absolute Gasteiger partial charge is 0.493 e. The zero-order chi connectivity index (χ0) is 19.2. The molecule has 1 atom stereocenters. The Balaban J connectivity index is 1.76. The van der Waals surface area contributed by atoms with Crippen LogP contribution in [0.1, 0.15) is 19.8 Å². The van der Waals surface area contributed by atoms with E-state index in [0.29, 0.717) is 24.0 Å². The van der Waals surface area contributed by atoms with E-state index in [9.17, 15) is 5.11 Å². The molecule has 0 radical (unpaired) electrons. The second-order valence-electron chi connectivity index (χ2n) is 6.58. The standard InChI is InChI=1S/C21H27N3O3/c1-3-4-13-23-17-9-5-6-10-18(17)24(21(23)22)14-16(25)15-27-20-12-8-7-11-19(20)26-2/h5-12,16,22,25H,3-4,13-15H2,1-2H3/p+1/t16-/m0/s1. The van der Waals surface area contributed by atoms with E-state index in [1.807, 2.05) is 47.0 Å². The van der Waals surface area contributed by atoms with Crippen LogP contribution in [0.15, 0.2) is 48.5 Å². The lowest BCUT2D eigenvalue weighted by Crippen LogP contribution is -2.43. The summed E-state index contributed by atoms with van der Waals surface area (Å²) in [6.45, 7) is 3.54. The first-order valence-corrected chi connectivity index (χ1v) is 9.36. The Kier molecular flexibility index (Phi) is 6.19. The van der Waals surface area contributed by atoms with Crippen molar-refractivity contribution in [2.45, 2.75) is 39.0 Å². The summed E-state index contributed by atoms with van der Waals surface area (Å²) in [5.74, 6) is 1.91. The number of rotatable bonds is 9. The highest BCUT2D eigenvalue weighted by Crippen LogP contribution is 2.26. The predicted molar refractivity (Wildman–Crippen MR) is 106 cm³/mol. The van der Waals surface area contributed by atoms with Crippen molar-refractivity contribution in [2.75, 3.05) is 19.5 Å². The molecule has 0 aliphatic carbocycles. The van der Waals surface area contributed by atoms with Gasteiger partial charge in [-0.1, -0.05) is 37.6 Å². The molecule has 0 aliphatic heterocycles. The molecule has 3 aromatic rings. The summed E-state index contributed by atoms with van der Waals surface area (Å²) in [4.78, 5) is 0. The van der Waals surface area contributed by atoms with Crippen LogP contribution in [-0.4, -0.2) is 29.5 Å². The fourth-order valence-corrected chi connectivity index (χ4v) is 3.24. The van der Waals surface area contributed by atoms with Crippen LogP contribution in [0.5, 0.6) is 11.5 Å². The van der Waals surface area contributed by atoms with Crippen molar-refractivity contribution in [1.82, 2.24) is 4.57 Å². The lowest BCUT2D eigenvalue weighted by Gasteiger charge is -2.14. The molecule has 3 N–H and O–H groups in total. The Labute approximate surface area is 159 Å². The van der Waals surface area contributed by atoms with Crippen LogP contribution in [0.25, 0.3) is 11.0 Å². The van der Waals surface area contributed by atoms with E-state index in [1.54, 1.807) is 7.11 Å². The number of aryl methyl sites for hydroxylation is 1. The predicted octanol–water partition coefficient (Wildman–Crippen LogP) is 2.76. The highest BCUT2D eigenvalue weighted by atomic mass is 16.5. The van der Waals surface area contributed by atoms with Gasteiger partial charge in [0.15, 0.2) is 11.5 Å². The Morgan fingerprint density at radius 3 is 2.56 bits per heavy atom. The molecule has 0 amide bonds. The molecule has 27 heavy (non-hydrogen) atoms. The van der Waals surface area contributed by atoms with E-state index in [-0.39, 0.29) is 6.61 Å². The van der Waals surface area contributed by atoms with Crippen LogP contribution in [0.2, 0.25) is 0 Å². The SMILES string of the molecule is CCCCn1c(N)[n+](C[C@H](O)COc2ccccc2OC)c2ccccc21. The average Bonchev–Trinajstić information content (AvgIpc) is 2.96. The summed E-state index contributed by atoms with van der Waals surface area (Å²) < 4.78 is 15.1. The molecule has 3 rings (SSSR count). The van der Waals surface area contributed by atoms with Gasteiger partial charge >= 0.3 is 5.95 Å². The van der Waals surface area contributed by atoms with Crippen molar-refractivity contribution in [1.29, 1.82) is 0 Å². The Bertz CT molecular complexity index is 892. The van der Waals surface area contributed by atoms with Crippen LogP contribution >= 0.6 is 0 Å². The monoisotopic (exact) mass is 370 g/mol. The molecule has 0 unspecified atom stereocenters. The van der Waals surface area contributed by atoms with Crippen molar-refractivity contribution < 1.29 is 19.1 Å². The molecule has 0 bridgehead atoms. The minimum atomic E-state index is -0.701. The van der Waals surface area contributed by atoms with Gasteiger partial charge in [-0.25, -0.2) is 9.13 Å².